The zero-order valence-electron chi connectivity index (χ0n) is 15.0. The number of para-hydroxylation sites is 1. The summed E-state index contributed by atoms with van der Waals surface area (Å²) in [6, 6.07) is 12.4. The van der Waals surface area contributed by atoms with E-state index in [9.17, 15) is 0 Å². The number of hydrogen-bond donors (Lipinski definition) is 1. The third-order valence-corrected chi connectivity index (χ3v) is 6.89. The van der Waals surface area contributed by atoms with Gasteiger partial charge in [0.1, 0.15) is 17.3 Å². The summed E-state index contributed by atoms with van der Waals surface area (Å²) >= 11 is 8.19. The first-order chi connectivity index (χ1) is 13.3. The van der Waals surface area contributed by atoms with Crippen molar-refractivity contribution >= 4 is 33.2 Å². The molecule has 1 aromatic heterocycles. The molecule has 0 radical (unpaired) electrons. The van der Waals surface area contributed by atoms with Crippen LogP contribution in [0.2, 0.25) is 5.02 Å². The minimum Gasteiger partial charge on any atom is -0.467 e. The lowest BCUT2D eigenvalue weighted by atomic mass is 9.97. The molecule has 27 heavy (non-hydrogen) atoms. The maximum absolute atomic E-state index is 6.34. The van der Waals surface area contributed by atoms with Crippen molar-refractivity contribution in [3.8, 4) is 5.75 Å². The van der Waals surface area contributed by atoms with E-state index in [0.29, 0.717) is 19.3 Å². The number of quaternary nitrogens is 1. The molecule has 3 heterocycles. The molecule has 0 aliphatic carbocycles. The minimum absolute atomic E-state index is 0.325. The second-order valence-corrected chi connectivity index (χ2v) is 8.90. The fraction of sp³-hybridized carbons (Fsp3) is 0.381. The molecule has 140 valence electrons. The van der Waals surface area contributed by atoms with Gasteiger partial charge in [0.25, 0.3) is 0 Å². The van der Waals surface area contributed by atoms with Crippen molar-refractivity contribution in [1.29, 1.82) is 0 Å². The fourth-order valence-corrected chi connectivity index (χ4v) is 5.61. The number of aromatic nitrogens is 1. The third-order valence-electron chi connectivity index (χ3n) is 5.47. The number of piperidine rings is 1. The van der Waals surface area contributed by atoms with E-state index in [0.717, 1.165) is 34.9 Å². The van der Waals surface area contributed by atoms with Gasteiger partial charge in [0.05, 0.1) is 41.4 Å². The van der Waals surface area contributed by atoms with Crippen molar-refractivity contribution in [2.75, 3.05) is 19.9 Å². The SMILES string of the molecule is Clc1cc2c(c(C[NH+]3CCC[C@@H](c4nc5ccccc5s4)C3)c1)OCOC2. The molecule has 2 aromatic carbocycles. The van der Waals surface area contributed by atoms with E-state index in [1.807, 2.05) is 17.4 Å². The molecule has 0 bridgehead atoms. The van der Waals surface area contributed by atoms with Crippen LogP contribution in [0.3, 0.4) is 0 Å². The first-order valence-corrected chi connectivity index (χ1v) is 10.7. The molecular formula is C21H22ClN2O2S+. The third kappa shape index (κ3) is 3.57. The van der Waals surface area contributed by atoms with Crippen LogP contribution >= 0.6 is 22.9 Å². The van der Waals surface area contributed by atoms with Crippen LogP contribution in [0, 0.1) is 0 Å². The molecule has 2 aliphatic heterocycles. The monoisotopic (exact) mass is 401 g/mol. The smallest absolute Gasteiger partial charge is 0.189 e. The standard InChI is InChI=1S/C21H21ClN2O2S/c22-17-8-15(20-16(9-17)12-25-13-26-20)11-24-7-3-4-14(10-24)21-23-18-5-1-2-6-19(18)27-21/h1-2,5-6,8-9,14H,3-4,7,10-13H2/p+1/t14-/m1/s1. The zero-order chi connectivity index (χ0) is 18.2. The van der Waals surface area contributed by atoms with E-state index in [1.54, 1.807) is 4.90 Å². The molecule has 3 aromatic rings. The molecule has 0 spiro atoms. The van der Waals surface area contributed by atoms with Crippen LogP contribution < -0.4 is 9.64 Å². The van der Waals surface area contributed by atoms with Crippen LogP contribution in [0.15, 0.2) is 36.4 Å². The number of benzene rings is 2. The van der Waals surface area contributed by atoms with Crippen LogP contribution in [0.5, 0.6) is 5.75 Å². The van der Waals surface area contributed by atoms with Gasteiger partial charge in [-0.2, -0.15) is 0 Å². The molecule has 0 saturated carbocycles. The summed E-state index contributed by atoms with van der Waals surface area (Å²) in [7, 11) is 0. The molecule has 0 amide bonds. The summed E-state index contributed by atoms with van der Waals surface area (Å²) in [6.07, 6.45) is 2.45. The van der Waals surface area contributed by atoms with Gasteiger partial charge in [-0.3, -0.25) is 0 Å². The van der Waals surface area contributed by atoms with E-state index in [1.165, 1.54) is 34.7 Å². The lowest BCUT2D eigenvalue weighted by Crippen LogP contribution is -3.12. The lowest BCUT2D eigenvalue weighted by Gasteiger charge is -2.30. The Morgan fingerprint density at radius 3 is 3.11 bits per heavy atom. The highest BCUT2D eigenvalue weighted by Gasteiger charge is 2.28. The molecular weight excluding hydrogens is 380 g/mol. The molecule has 2 atom stereocenters. The van der Waals surface area contributed by atoms with Crippen molar-refractivity contribution < 1.29 is 14.4 Å². The average molecular weight is 402 g/mol. The van der Waals surface area contributed by atoms with Gasteiger partial charge in [0.15, 0.2) is 6.79 Å². The van der Waals surface area contributed by atoms with Crippen LogP contribution in [0.4, 0.5) is 0 Å². The molecule has 1 fully saturated rings. The summed E-state index contributed by atoms with van der Waals surface area (Å²) < 4.78 is 12.5. The number of rotatable bonds is 3. The summed E-state index contributed by atoms with van der Waals surface area (Å²) in [5.41, 5.74) is 3.38. The Morgan fingerprint density at radius 1 is 1.26 bits per heavy atom. The first-order valence-electron chi connectivity index (χ1n) is 9.47. The number of nitrogens with one attached hydrogen (secondary N) is 1. The van der Waals surface area contributed by atoms with Gasteiger partial charge in [0.2, 0.25) is 0 Å². The maximum atomic E-state index is 6.34. The molecule has 2 aliphatic rings. The fourth-order valence-electron chi connectivity index (χ4n) is 4.24. The predicted octanol–water partition coefficient (Wildman–Crippen LogP) is 3.78. The van der Waals surface area contributed by atoms with Gasteiger partial charge in [-0.25, -0.2) is 4.98 Å². The molecule has 5 rings (SSSR count). The van der Waals surface area contributed by atoms with E-state index in [-0.39, 0.29) is 0 Å². The topological polar surface area (TPSA) is 35.8 Å². The van der Waals surface area contributed by atoms with Crippen molar-refractivity contribution in [2.24, 2.45) is 0 Å². The molecule has 1 unspecified atom stereocenters. The number of likely N-dealkylation sites (tertiary alicyclic amines) is 1. The number of hydrogen-bond acceptors (Lipinski definition) is 4. The average Bonchev–Trinajstić information content (AvgIpc) is 3.12. The summed E-state index contributed by atoms with van der Waals surface area (Å²) in [6.45, 7) is 4.12. The Hall–Kier alpha value is -1.66. The largest absolute Gasteiger partial charge is 0.467 e. The quantitative estimate of drug-likeness (QED) is 0.725. The van der Waals surface area contributed by atoms with Gasteiger partial charge in [-0.05, 0) is 37.1 Å². The number of nitrogens with zero attached hydrogens (tertiary/aromatic N) is 1. The van der Waals surface area contributed by atoms with E-state index in [2.05, 4.69) is 30.3 Å². The van der Waals surface area contributed by atoms with E-state index >= 15 is 0 Å². The second-order valence-electron chi connectivity index (χ2n) is 7.40. The highest BCUT2D eigenvalue weighted by atomic mass is 35.5. The van der Waals surface area contributed by atoms with Crippen molar-refractivity contribution in [1.82, 2.24) is 4.98 Å². The second kappa shape index (κ2) is 7.40. The molecule has 1 N–H and O–H groups in total. The summed E-state index contributed by atoms with van der Waals surface area (Å²) in [5, 5.41) is 2.04. The summed E-state index contributed by atoms with van der Waals surface area (Å²) in [4.78, 5) is 6.48. The normalized spacial score (nSPS) is 22.4. The van der Waals surface area contributed by atoms with Crippen LogP contribution in [0.25, 0.3) is 10.2 Å². The van der Waals surface area contributed by atoms with Gasteiger partial charge < -0.3 is 14.4 Å². The van der Waals surface area contributed by atoms with E-state index < -0.39 is 0 Å². The Morgan fingerprint density at radius 2 is 2.19 bits per heavy atom. The molecule has 6 heteroatoms. The van der Waals surface area contributed by atoms with Gasteiger partial charge in [-0.1, -0.05) is 23.7 Å². The van der Waals surface area contributed by atoms with E-state index in [4.69, 9.17) is 26.1 Å². The van der Waals surface area contributed by atoms with Crippen molar-refractivity contribution in [3.05, 3.63) is 57.6 Å². The summed E-state index contributed by atoms with van der Waals surface area (Å²) in [5.74, 6) is 1.51. The number of fused-ring (bicyclic) bond motifs is 2. The first kappa shape index (κ1) is 17.4. The molecule has 4 nitrogen and oxygen atoms in total. The van der Waals surface area contributed by atoms with Gasteiger partial charge in [0, 0.05) is 10.6 Å². The molecule has 1 saturated heterocycles. The van der Waals surface area contributed by atoms with Gasteiger partial charge >= 0.3 is 0 Å². The van der Waals surface area contributed by atoms with Crippen molar-refractivity contribution in [3.63, 3.8) is 0 Å². The van der Waals surface area contributed by atoms with Crippen LogP contribution in [0.1, 0.15) is 34.9 Å². The van der Waals surface area contributed by atoms with Crippen LogP contribution in [-0.4, -0.2) is 24.9 Å². The number of ether oxygens (including phenoxy) is 2. The maximum Gasteiger partial charge on any atom is 0.189 e. The number of halogens is 1. The van der Waals surface area contributed by atoms with Gasteiger partial charge in [-0.15, -0.1) is 11.3 Å². The Kier molecular flexibility index (Phi) is 4.78. The predicted molar refractivity (Wildman–Crippen MR) is 108 cm³/mol. The zero-order valence-corrected chi connectivity index (χ0v) is 16.6. The Labute approximate surface area is 167 Å². The lowest BCUT2D eigenvalue weighted by molar-refractivity contribution is -0.920. The Bertz CT molecular complexity index is 941. The minimum atomic E-state index is 0.325. The number of thiazole rings is 1. The van der Waals surface area contributed by atoms with Crippen LogP contribution in [-0.2, 0) is 17.9 Å². The Balaban J connectivity index is 1.36. The highest BCUT2D eigenvalue weighted by Crippen LogP contribution is 2.32. The van der Waals surface area contributed by atoms with Crippen molar-refractivity contribution in [2.45, 2.75) is 31.9 Å². The highest BCUT2D eigenvalue weighted by molar-refractivity contribution is 7.18.